The third-order valence-electron chi connectivity index (χ3n) is 1.62. The summed E-state index contributed by atoms with van der Waals surface area (Å²) < 4.78 is 2.41. The number of nitrogens with zero attached hydrogens (tertiary/aromatic N) is 3. The van der Waals surface area contributed by atoms with Gasteiger partial charge in [-0.3, -0.25) is 0 Å². The summed E-state index contributed by atoms with van der Waals surface area (Å²) in [7, 11) is 0. The molecule has 0 spiro atoms. The second-order valence-electron chi connectivity index (χ2n) is 2.58. The van der Waals surface area contributed by atoms with Crippen LogP contribution in [-0.2, 0) is 0 Å². The van der Waals surface area contributed by atoms with Crippen LogP contribution < -0.4 is 0 Å². The Hall–Kier alpha value is -0.580. The number of halogens is 3. The van der Waals surface area contributed by atoms with E-state index >= 15 is 0 Å². The van der Waals surface area contributed by atoms with E-state index in [4.69, 9.17) is 23.2 Å². The minimum absolute atomic E-state index is 0.354. The first kappa shape index (κ1) is 9.96. The Morgan fingerprint density at radius 1 is 1.29 bits per heavy atom. The Kier molecular flexibility index (Phi) is 2.76. The summed E-state index contributed by atoms with van der Waals surface area (Å²) in [6, 6.07) is 5.39. The smallest absolute Gasteiger partial charge is 0.171 e. The lowest BCUT2D eigenvalue weighted by Gasteiger charge is -2.02. The topological polar surface area (TPSA) is 30.7 Å². The van der Waals surface area contributed by atoms with Crippen LogP contribution in [0.3, 0.4) is 0 Å². The summed E-state index contributed by atoms with van der Waals surface area (Å²) in [4.78, 5) is 0. The van der Waals surface area contributed by atoms with Crippen LogP contribution in [0.1, 0.15) is 0 Å². The average molecular weight is 293 g/mol. The molecule has 72 valence electrons. The Morgan fingerprint density at radius 2 is 2.07 bits per heavy atom. The number of hydrogen-bond donors (Lipinski definition) is 0. The van der Waals surface area contributed by atoms with Crippen LogP contribution in [0.15, 0.2) is 28.9 Å². The minimum atomic E-state index is 0.354. The van der Waals surface area contributed by atoms with Crippen LogP contribution in [0.2, 0.25) is 10.2 Å². The van der Waals surface area contributed by atoms with Crippen molar-refractivity contribution in [2.24, 2.45) is 0 Å². The SMILES string of the molecule is Clc1ccc(-n2cc(Cl)nn2)c(Br)c1. The van der Waals surface area contributed by atoms with Gasteiger partial charge in [0.15, 0.2) is 5.15 Å². The quantitative estimate of drug-likeness (QED) is 0.807. The molecule has 14 heavy (non-hydrogen) atoms. The lowest BCUT2D eigenvalue weighted by atomic mass is 10.3. The maximum absolute atomic E-state index is 5.81. The molecule has 0 radical (unpaired) electrons. The first-order valence-electron chi connectivity index (χ1n) is 3.70. The zero-order valence-electron chi connectivity index (χ0n) is 6.78. The molecular formula is C8H4BrCl2N3. The van der Waals surface area contributed by atoms with Crippen molar-refractivity contribution in [2.75, 3.05) is 0 Å². The van der Waals surface area contributed by atoms with E-state index < -0.39 is 0 Å². The van der Waals surface area contributed by atoms with E-state index in [9.17, 15) is 0 Å². The molecule has 0 fully saturated rings. The summed E-state index contributed by atoms with van der Waals surface area (Å²) in [6.45, 7) is 0. The molecule has 2 aromatic rings. The maximum atomic E-state index is 5.81. The van der Waals surface area contributed by atoms with E-state index in [-0.39, 0.29) is 0 Å². The van der Waals surface area contributed by atoms with Crippen LogP contribution in [0, 0.1) is 0 Å². The van der Waals surface area contributed by atoms with Gasteiger partial charge in [0.2, 0.25) is 0 Å². The first-order chi connectivity index (χ1) is 6.66. The summed E-state index contributed by atoms with van der Waals surface area (Å²) in [5.74, 6) is 0. The first-order valence-corrected chi connectivity index (χ1v) is 5.25. The molecular weight excluding hydrogens is 289 g/mol. The normalized spacial score (nSPS) is 10.5. The molecule has 0 aliphatic heterocycles. The molecule has 0 saturated heterocycles. The summed E-state index contributed by atoms with van der Waals surface area (Å²) in [5.41, 5.74) is 0.841. The largest absolute Gasteiger partial charge is 0.218 e. The Balaban J connectivity index is 2.52. The van der Waals surface area contributed by atoms with Crippen molar-refractivity contribution in [3.63, 3.8) is 0 Å². The Morgan fingerprint density at radius 3 is 2.64 bits per heavy atom. The summed E-state index contributed by atoms with van der Waals surface area (Å²) in [6.07, 6.45) is 1.62. The number of benzene rings is 1. The average Bonchev–Trinajstić information content (AvgIpc) is 2.51. The molecule has 1 aromatic heterocycles. The lowest BCUT2D eigenvalue weighted by molar-refractivity contribution is 0.800. The van der Waals surface area contributed by atoms with Gasteiger partial charge < -0.3 is 0 Å². The van der Waals surface area contributed by atoms with Crippen molar-refractivity contribution in [1.82, 2.24) is 15.0 Å². The van der Waals surface area contributed by atoms with E-state index in [1.807, 2.05) is 6.07 Å². The molecule has 0 bridgehead atoms. The molecule has 0 unspecified atom stereocenters. The Labute approximate surface area is 98.8 Å². The predicted molar refractivity (Wildman–Crippen MR) is 59.1 cm³/mol. The van der Waals surface area contributed by atoms with E-state index in [0.29, 0.717) is 10.2 Å². The van der Waals surface area contributed by atoms with E-state index in [1.165, 1.54) is 0 Å². The zero-order chi connectivity index (χ0) is 10.1. The van der Waals surface area contributed by atoms with Crippen LogP contribution >= 0.6 is 39.1 Å². The van der Waals surface area contributed by atoms with Gasteiger partial charge in [0.1, 0.15) is 0 Å². The molecule has 1 heterocycles. The molecule has 0 amide bonds. The van der Waals surface area contributed by atoms with Gasteiger partial charge in [-0.1, -0.05) is 28.4 Å². The van der Waals surface area contributed by atoms with Gasteiger partial charge in [0, 0.05) is 9.50 Å². The van der Waals surface area contributed by atoms with Crippen LogP contribution in [0.25, 0.3) is 5.69 Å². The number of hydrogen-bond acceptors (Lipinski definition) is 2. The molecule has 0 aliphatic rings. The highest BCUT2D eigenvalue weighted by atomic mass is 79.9. The van der Waals surface area contributed by atoms with Gasteiger partial charge in [0.25, 0.3) is 0 Å². The van der Waals surface area contributed by atoms with Gasteiger partial charge in [-0.25, -0.2) is 4.68 Å². The van der Waals surface area contributed by atoms with Gasteiger partial charge >= 0.3 is 0 Å². The molecule has 0 saturated carbocycles. The summed E-state index contributed by atoms with van der Waals surface area (Å²) in [5, 5.41) is 8.53. The van der Waals surface area contributed by atoms with Gasteiger partial charge in [-0.15, -0.1) is 5.10 Å². The Bertz CT molecular complexity index is 469. The lowest BCUT2D eigenvalue weighted by Crippen LogP contribution is -1.95. The van der Waals surface area contributed by atoms with Gasteiger partial charge in [0.05, 0.1) is 11.9 Å². The van der Waals surface area contributed by atoms with Crippen molar-refractivity contribution in [1.29, 1.82) is 0 Å². The molecule has 0 aliphatic carbocycles. The van der Waals surface area contributed by atoms with Gasteiger partial charge in [-0.2, -0.15) is 0 Å². The minimum Gasteiger partial charge on any atom is -0.218 e. The van der Waals surface area contributed by atoms with E-state index in [2.05, 4.69) is 26.2 Å². The van der Waals surface area contributed by atoms with Crippen molar-refractivity contribution < 1.29 is 0 Å². The van der Waals surface area contributed by atoms with Crippen LogP contribution in [-0.4, -0.2) is 15.0 Å². The maximum Gasteiger partial charge on any atom is 0.171 e. The van der Waals surface area contributed by atoms with Crippen LogP contribution in [0.4, 0.5) is 0 Å². The summed E-state index contributed by atoms with van der Waals surface area (Å²) >= 11 is 14.8. The molecule has 6 heteroatoms. The fourth-order valence-corrected chi connectivity index (χ4v) is 2.02. The second-order valence-corrected chi connectivity index (χ2v) is 4.26. The highest BCUT2D eigenvalue weighted by Gasteiger charge is 2.05. The molecule has 1 aromatic carbocycles. The number of aromatic nitrogens is 3. The molecule has 2 rings (SSSR count). The monoisotopic (exact) mass is 291 g/mol. The van der Waals surface area contributed by atoms with E-state index in [0.717, 1.165) is 10.2 Å². The highest BCUT2D eigenvalue weighted by molar-refractivity contribution is 9.10. The van der Waals surface area contributed by atoms with Crippen molar-refractivity contribution in [2.45, 2.75) is 0 Å². The van der Waals surface area contributed by atoms with E-state index in [1.54, 1.807) is 23.0 Å². The predicted octanol–water partition coefficient (Wildman–Crippen LogP) is 3.34. The van der Waals surface area contributed by atoms with Crippen molar-refractivity contribution >= 4 is 39.1 Å². The third kappa shape index (κ3) is 1.92. The fourth-order valence-electron chi connectivity index (χ4n) is 1.03. The second kappa shape index (κ2) is 3.88. The molecule has 0 atom stereocenters. The van der Waals surface area contributed by atoms with Crippen LogP contribution in [0.5, 0.6) is 0 Å². The highest BCUT2D eigenvalue weighted by Crippen LogP contribution is 2.24. The molecule has 3 nitrogen and oxygen atoms in total. The zero-order valence-corrected chi connectivity index (χ0v) is 9.88. The van der Waals surface area contributed by atoms with Crippen molar-refractivity contribution in [3.05, 3.63) is 39.0 Å². The van der Waals surface area contributed by atoms with Crippen molar-refractivity contribution in [3.8, 4) is 5.69 Å². The fraction of sp³-hybridized carbons (Fsp3) is 0. The third-order valence-corrected chi connectivity index (χ3v) is 2.67. The van der Waals surface area contributed by atoms with Gasteiger partial charge in [-0.05, 0) is 34.1 Å². The molecule has 0 N–H and O–H groups in total. The standard InChI is InChI=1S/C8H4BrCl2N3/c9-6-3-5(10)1-2-7(6)14-4-8(11)12-13-14/h1-4H. The number of rotatable bonds is 1.